The summed E-state index contributed by atoms with van der Waals surface area (Å²) in [6.45, 7) is 5.98. The van der Waals surface area contributed by atoms with E-state index in [1.165, 1.54) is 0 Å². The lowest BCUT2D eigenvalue weighted by Gasteiger charge is -2.09. The molecule has 4 nitrogen and oxygen atoms in total. The van der Waals surface area contributed by atoms with Gasteiger partial charge in [-0.25, -0.2) is 4.98 Å². The van der Waals surface area contributed by atoms with Crippen LogP contribution < -0.4 is 10.6 Å². The van der Waals surface area contributed by atoms with Crippen LogP contribution in [0.3, 0.4) is 0 Å². The van der Waals surface area contributed by atoms with Gasteiger partial charge in [0.05, 0.1) is 11.9 Å². The van der Waals surface area contributed by atoms with Gasteiger partial charge >= 0.3 is 0 Å². The molecular formula is C17H20ClN3O. The summed E-state index contributed by atoms with van der Waals surface area (Å²) in [7, 11) is 0. The molecule has 0 aliphatic heterocycles. The van der Waals surface area contributed by atoms with Crippen molar-refractivity contribution in [3.05, 3.63) is 47.1 Å². The van der Waals surface area contributed by atoms with Gasteiger partial charge in [-0.3, -0.25) is 4.79 Å². The van der Waals surface area contributed by atoms with Gasteiger partial charge in [-0.05, 0) is 42.7 Å². The standard InChI is InChI=1S/C17H20ClN3O/c1-11(2)8-17(22)21-14-6-7-16(19-10-14)20-13-5-4-12(3)15(18)9-13/h4-7,9-11H,8H2,1-3H3,(H,19,20)(H,21,22). The molecule has 0 saturated carbocycles. The molecule has 0 aliphatic carbocycles. The van der Waals surface area contributed by atoms with Crippen LogP contribution >= 0.6 is 11.6 Å². The second-order valence-corrected chi connectivity index (χ2v) is 6.07. The first-order chi connectivity index (χ1) is 10.4. The maximum Gasteiger partial charge on any atom is 0.224 e. The summed E-state index contributed by atoms with van der Waals surface area (Å²) < 4.78 is 0. The summed E-state index contributed by atoms with van der Waals surface area (Å²) in [4.78, 5) is 16.0. The summed E-state index contributed by atoms with van der Waals surface area (Å²) in [5.41, 5.74) is 2.60. The van der Waals surface area contributed by atoms with E-state index in [1.54, 1.807) is 6.20 Å². The van der Waals surface area contributed by atoms with E-state index in [-0.39, 0.29) is 5.91 Å². The molecular weight excluding hydrogens is 298 g/mol. The lowest BCUT2D eigenvalue weighted by molar-refractivity contribution is -0.116. The van der Waals surface area contributed by atoms with E-state index in [1.807, 2.05) is 51.1 Å². The topological polar surface area (TPSA) is 54.0 Å². The van der Waals surface area contributed by atoms with E-state index >= 15 is 0 Å². The maximum atomic E-state index is 11.7. The van der Waals surface area contributed by atoms with Crippen molar-refractivity contribution in [2.24, 2.45) is 5.92 Å². The highest BCUT2D eigenvalue weighted by molar-refractivity contribution is 6.31. The Bertz CT molecular complexity index is 653. The molecule has 0 unspecified atom stereocenters. The van der Waals surface area contributed by atoms with Gasteiger partial charge in [-0.15, -0.1) is 0 Å². The Labute approximate surface area is 135 Å². The number of nitrogens with one attached hydrogen (secondary N) is 2. The summed E-state index contributed by atoms with van der Waals surface area (Å²) in [5, 5.41) is 6.72. The third-order valence-electron chi connectivity index (χ3n) is 3.09. The van der Waals surface area contributed by atoms with Crippen molar-refractivity contribution in [2.45, 2.75) is 27.2 Å². The molecule has 2 N–H and O–H groups in total. The summed E-state index contributed by atoms with van der Waals surface area (Å²) in [5.74, 6) is 1.03. The Balaban J connectivity index is 1.99. The van der Waals surface area contributed by atoms with Crippen molar-refractivity contribution in [3.63, 3.8) is 0 Å². The van der Waals surface area contributed by atoms with Crippen molar-refractivity contribution in [1.82, 2.24) is 4.98 Å². The zero-order valence-corrected chi connectivity index (χ0v) is 13.7. The predicted octanol–water partition coefficient (Wildman–Crippen LogP) is 4.77. The first-order valence-electron chi connectivity index (χ1n) is 7.23. The molecule has 1 amide bonds. The van der Waals surface area contributed by atoms with Crippen LogP contribution in [-0.4, -0.2) is 10.9 Å². The van der Waals surface area contributed by atoms with Crippen molar-refractivity contribution in [3.8, 4) is 0 Å². The fourth-order valence-corrected chi connectivity index (χ4v) is 2.12. The molecule has 0 spiro atoms. The van der Waals surface area contributed by atoms with Crippen LogP contribution in [0.15, 0.2) is 36.5 Å². The molecule has 1 aromatic carbocycles. The lowest BCUT2D eigenvalue weighted by atomic mass is 10.1. The Morgan fingerprint density at radius 3 is 2.55 bits per heavy atom. The third kappa shape index (κ3) is 4.74. The number of nitrogens with zero attached hydrogens (tertiary/aromatic N) is 1. The van der Waals surface area contributed by atoms with Crippen LogP contribution in [0.1, 0.15) is 25.8 Å². The molecule has 1 aromatic heterocycles. The second kappa shape index (κ2) is 7.27. The first-order valence-corrected chi connectivity index (χ1v) is 7.61. The Morgan fingerprint density at radius 2 is 1.95 bits per heavy atom. The number of amides is 1. The van der Waals surface area contributed by atoms with E-state index in [0.717, 1.165) is 11.3 Å². The molecule has 5 heteroatoms. The number of carbonyl (C=O) groups is 1. The smallest absolute Gasteiger partial charge is 0.224 e. The maximum absolute atomic E-state index is 11.7. The van der Waals surface area contributed by atoms with Crippen molar-refractivity contribution < 1.29 is 4.79 Å². The zero-order valence-electron chi connectivity index (χ0n) is 13.0. The number of benzene rings is 1. The molecule has 1 heterocycles. The van der Waals surface area contributed by atoms with E-state index in [9.17, 15) is 4.79 Å². The van der Waals surface area contributed by atoms with Crippen molar-refractivity contribution >= 4 is 34.7 Å². The molecule has 0 saturated heterocycles. The fraction of sp³-hybridized carbons (Fsp3) is 0.294. The minimum atomic E-state index is 0.00262. The van der Waals surface area contributed by atoms with Crippen LogP contribution in [0, 0.1) is 12.8 Å². The van der Waals surface area contributed by atoms with E-state index in [0.29, 0.717) is 28.9 Å². The molecule has 0 fully saturated rings. The second-order valence-electron chi connectivity index (χ2n) is 5.67. The number of aromatic nitrogens is 1. The van der Waals surface area contributed by atoms with Gasteiger partial charge in [0.25, 0.3) is 0 Å². The highest BCUT2D eigenvalue weighted by atomic mass is 35.5. The average Bonchev–Trinajstić information content (AvgIpc) is 2.44. The highest BCUT2D eigenvalue weighted by Crippen LogP contribution is 2.22. The minimum Gasteiger partial charge on any atom is -0.340 e. The van der Waals surface area contributed by atoms with Gasteiger partial charge in [-0.1, -0.05) is 31.5 Å². The van der Waals surface area contributed by atoms with Crippen LogP contribution in [-0.2, 0) is 4.79 Å². The van der Waals surface area contributed by atoms with Crippen molar-refractivity contribution in [1.29, 1.82) is 0 Å². The van der Waals surface area contributed by atoms with Gasteiger partial charge < -0.3 is 10.6 Å². The average molecular weight is 318 g/mol. The van der Waals surface area contributed by atoms with Crippen molar-refractivity contribution in [2.75, 3.05) is 10.6 Å². The monoisotopic (exact) mass is 317 g/mol. The zero-order chi connectivity index (χ0) is 16.1. The van der Waals surface area contributed by atoms with E-state index in [2.05, 4.69) is 15.6 Å². The van der Waals surface area contributed by atoms with Crippen LogP contribution in [0.4, 0.5) is 17.2 Å². The normalized spacial score (nSPS) is 10.6. The number of hydrogen-bond donors (Lipinski definition) is 2. The summed E-state index contributed by atoms with van der Waals surface area (Å²) >= 11 is 6.10. The number of rotatable bonds is 5. The van der Waals surface area contributed by atoms with Crippen LogP contribution in [0.25, 0.3) is 0 Å². The van der Waals surface area contributed by atoms with Crippen LogP contribution in [0.5, 0.6) is 0 Å². The summed E-state index contributed by atoms with van der Waals surface area (Å²) in [6.07, 6.45) is 2.14. The number of carbonyl (C=O) groups excluding carboxylic acids is 1. The molecule has 116 valence electrons. The molecule has 0 atom stereocenters. The number of hydrogen-bond acceptors (Lipinski definition) is 3. The number of anilines is 3. The number of pyridine rings is 1. The van der Waals surface area contributed by atoms with Gasteiger partial charge in [0, 0.05) is 17.1 Å². The SMILES string of the molecule is Cc1ccc(Nc2ccc(NC(=O)CC(C)C)cn2)cc1Cl. The molecule has 2 aromatic rings. The van der Waals surface area contributed by atoms with Gasteiger partial charge in [-0.2, -0.15) is 0 Å². The highest BCUT2D eigenvalue weighted by Gasteiger charge is 2.06. The Hall–Kier alpha value is -2.07. The van der Waals surface area contributed by atoms with Crippen LogP contribution in [0.2, 0.25) is 5.02 Å². The third-order valence-corrected chi connectivity index (χ3v) is 3.49. The molecule has 2 rings (SSSR count). The van der Waals surface area contributed by atoms with E-state index in [4.69, 9.17) is 11.6 Å². The molecule has 0 aliphatic rings. The fourth-order valence-electron chi connectivity index (χ4n) is 1.94. The quantitative estimate of drug-likeness (QED) is 0.835. The Kier molecular flexibility index (Phi) is 5.39. The molecule has 22 heavy (non-hydrogen) atoms. The molecule has 0 bridgehead atoms. The predicted molar refractivity (Wildman–Crippen MR) is 91.8 cm³/mol. The number of halogens is 1. The Morgan fingerprint density at radius 1 is 1.23 bits per heavy atom. The van der Waals surface area contributed by atoms with Gasteiger partial charge in [0.2, 0.25) is 5.91 Å². The minimum absolute atomic E-state index is 0.00262. The number of aryl methyl sites for hydroxylation is 1. The summed E-state index contributed by atoms with van der Waals surface area (Å²) in [6, 6.07) is 9.39. The molecule has 0 radical (unpaired) electrons. The lowest BCUT2D eigenvalue weighted by Crippen LogP contribution is -2.13. The first kappa shape index (κ1) is 16.3. The van der Waals surface area contributed by atoms with E-state index < -0.39 is 0 Å². The largest absolute Gasteiger partial charge is 0.340 e. The van der Waals surface area contributed by atoms with Gasteiger partial charge in [0.15, 0.2) is 0 Å². The van der Waals surface area contributed by atoms with Gasteiger partial charge in [0.1, 0.15) is 5.82 Å².